The predicted octanol–water partition coefficient (Wildman–Crippen LogP) is 0.646. The van der Waals surface area contributed by atoms with Crippen molar-refractivity contribution >= 4 is 41.3 Å². The van der Waals surface area contributed by atoms with Crippen molar-refractivity contribution in [3.05, 3.63) is 71.5 Å². The van der Waals surface area contributed by atoms with E-state index in [4.69, 9.17) is 0 Å². The number of nitrogens with zero attached hydrogens (tertiary/aromatic N) is 7. The molecule has 0 fully saturated rings. The van der Waals surface area contributed by atoms with Crippen LogP contribution in [0.25, 0.3) is 5.57 Å². The van der Waals surface area contributed by atoms with Crippen molar-refractivity contribution in [1.82, 2.24) is 14.9 Å². The number of amides is 2. The highest BCUT2D eigenvalue weighted by molar-refractivity contribution is 6.36. The summed E-state index contributed by atoms with van der Waals surface area (Å²) in [5.41, 5.74) is 2.18. The third kappa shape index (κ3) is 3.68. The number of anilines is 1. The number of rotatable bonds is 0. The van der Waals surface area contributed by atoms with Crippen LogP contribution in [0.4, 0.5) is 11.5 Å². The van der Waals surface area contributed by atoms with E-state index < -0.39 is 5.91 Å². The van der Waals surface area contributed by atoms with Gasteiger partial charge in [0.05, 0.1) is 16.5 Å². The zero-order valence-electron chi connectivity index (χ0n) is 16.4. The SMILES string of the molecule is O=C1N=c2ncnc3c2=C1C=Nc1cccc(c1)C=N/C=C\CC(=O)N1C=CN3CC1. The van der Waals surface area contributed by atoms with Crippen LogP contribution in [0.5, 0.6) is 0 Å². The van der Waals surface area contributed by atoms with Crippen LogP contribution in [0.3, 0.4) is 0 Å². The minimum absolute atomic E-state index is 0.0251. The van der Waals surface area contributed by atoms with Gasteiger partial charge in [-0.15, -0.1) is 0 Å². The number of aromatic nitrogens is 2. The van der Waals surface area contributed by atoms with Gasteiger partial charge in [0, 0.05) is 50.5 Å². The van der Waals surface area contributed by atoms with E-state index in [2.05, 4.69) is 24.9 Å². The lowest BCUT2D eigenvalue weighted by Crippen LogP contribution is -2.42. The molecule has 1 aromatic heterocycles. The highest BCUT2D eigenvalue weighted by atomic mass is 16.2. The van der Waals surface area contributed by atoms with E-state index in [1.807, 2.05) is 29.2 Å². The quantitative estimate of drug-likeness (QED) is 0.633. The minimum atomic E-state index is -0.407. The van der Waals surface area contributed by atoms with Gasteiger partial charge in [-0.3, -0.25) is 19.6 Å². The largest absolute Gasteiger partial charge is 0.329 e. The molecule has 0 N–H and O–H groups in total. The van der Waals surface area contributed by atoms with Crippen molar-refractivity contribution < 1.29 is 9.59 Å². The standard InChI is InChI=1S/C22H17N7O2/c30-18-5-2-6-23-12-15-3-1-4-16(11-15)24-13-17-19-20(27-22(17)31)25-14-26-21(19)29-9-7-28(18)8-10-29/h1-4,6-7,9,11-14H,5,8,10H2/b6-2-,23-12?,24-13?. The predicted molar refractivity (Wildman–Crippen MR) is 115 cm³/mol. The summed E-state index contributed by atoms with van der Waals surface area (Å²) in [6.45, 7) is 1.01. The first kappa shape index (κ1) is 18.7. The highest BCUT2D eigenvalue weighted by Gasteiger charge is 2.23. The van der Waals surface area contributed by atoms with E-state index in [-0.39, 0.29) is 12.3 Å². The fourth-order valence-corrected chi connectivity index (χ4v) is 3.49. The molecule has 0 saturated carbocycles. The highest BCUT2D eigenvalue weighted by Crippen LogP contribution is 2.16. The molecule has 0 spiro atoms. The Kier molecular flexibility index (Phi) is 4.75. The Morgan fingerprint density at radius 3 is 2.71 bits per heavy atom. The van der Waals surface area contributed by atoms with Gasteiger partial charge in [-0.05, 0) is 17.7 Å². The molecule has 31 heavy (non-hydrogen) atoms. The summed E-state index contributed by atoms with van der Waals surface area (Å²) in [5, 5.41) is 0.544. The maximum Gasteiger partial charge on any atom is 0.281 e. The molecule has 0 radical (unpaired) electrons. The second kappa shape index (κ2) is 7.86. The lowest BCUT2D eigenvalue weighted by molar-refractivity contribution is -0.127. The molecule has 152 valence electrons. The molecule has 4 aliphatic heterocycles. The molecule has 0 saturated heterocycles. The van der Waals surface area contributed by atoms with Crippen molar-refractivity contribution in [3.63, 3.8) is 0 Å². The summed E-state index contributed by atoms with van der Waals surface area (Å²) in [6.07, 6.45) is 11.7. The summed E-state index contributed by atoms with van der Waals surface area (Å²) < 4.78 is 0. The van der Waals surface area contributed by atoms with Gasteiger partial charge in [0.25, 0.3) is 5.91 Å². The van der Waals surface area contributed by atoms with E-state index in [0.29, 0.717) is 40.9 Å². The molecule has 4 aliphatic rings. The van der Waals surface area contributed by atoms with Crippen LogP contribution >= 0.6 is 0 Å². The fraction of sp³-hybridized carbons (Fsp3) is 0.136. The minimum Gasteiger partial charge on any atom is -0.329 e. The van der Waals surface area contributed by atoms with Gasteiger partial charge >= 0.3 is 0 Å². The van der Waals surface area contributed by atoms with Crippen LogP contribution in [0, 0.1) is 0 Å². The summed E-state index contributed by atoms with van der Waals surface area (Å²) in [5.74, 6) is 0.129. The Balaban J connectivity index is 1.67. The van der Waals surface area contributed by atoms with Crippen molar-refractivity contribution in [3.8, 4) is 0 Å². The van der Waals surface area contributed by atoms with Crippen LogP contribution in [-0.4, -0.2) is 52.2 Å². The molecule has 0 unspecified atom stereocenters. The van der Waals surface area contributed by atoms with Gasteiger partial charge in [0.15, 0.2) is 5.49 Å². The molecule has 9 heteroatoms. The van der Waals surface area contributed by atoms with Crippen LogP contribution in [0.15, 0.2) is 70.2 Å². The summed E-state index contributed by atoms with van der Waals surface area (Å²) in [6, 6.07) is 7.44. The number of carbonyl (C=O) groups excluding carboxylic acids is 2. The summed E-state index contributed by atoms with van der Waals surface area (Å²) in [7, 11) is 0. The molecule has 6 rings (SSSR count). The zero-order chi connectivity index (χ0) is 21.2. The number of benzene rings is 1. The van der Waals surface area contributed by atoms with Crippen LogP contribution in [-0.2, 0) is 9.59 Å². The molecule has 0 aliphatic carbocycles. The zero-order valence-corrected chi connectivity index (χ0v) is 16.4. The monoisotopic (exact) mass is 411 g/mol. The third-order valence-electron chi connectivity index (χ3n) is 5.04. The Morgan fingerprint density at radius 1 is 0.968 bits per heavy atom. The van der Waals surface area contributed by atoms with E-state index in [1.165, 1.54) is 12.5 Å². The second-order valence-corrected chi connectivity index (χ2v) is 7.03. The third-order valence-corrected chi connectivity index (χ3v) is 5.04. The van der Waals surface area contributed by atoms with Gasteiger partial charge in [0.2, 0.25) is 5.91 Å². The molecular weight excluding hydrogens is 394 g/mol. The van der Waals surface area contributed by atoms with Crippen molar-refractivity contribution in [2.75, 3.05) is 18.0 Å². The number of fused-ring (bicyclic) bond motifs is 4. The van der Waals surface area contributed by atoms with Crippen LogP contribution in [0.1, 0.15) is 12.0 Å². The summed E-state index contributed by atoms with van der Waals surface area (Å²) >= 11 is 0. The number of hydrogen-bond donors (Lipinski definition) is 0. The molecule has 5 heterocycles. The number of hydrogen-bond acceptors (Lipinski definition) is 7. The second-order valence-electron chi connectivity index (χ2n) is 7.03. The molecular formula is C22H17N7O2. The Labute approximate surface area is 177 Å². The van der Waals surface area contributed by atoms with Gasteiger partial charge in [-0.1, -0.05) is 18.2 Å². The lowest BCUT2D eigenvalue weighted by atomic mass is 10.2. The average molecular weight is 411 g/mol. The maximum atomic E-state index is 12.6. The van der Waals surface area contributed by atoms with Gasteiger partial charge in [-0.2, -0.15) is 4.99 Å². The molecule has 2 amide bonds. The smallest absolute Gasteiger partial charge is 0.281 e. The Morgan fingerprint density at radius 2 is 1.84 bits per heavy atom. The molecule has 9 nitrogen and oxygen atoms in total. The number of aliphatic imine (C=N–C) groups is 2. The molecule has 0 atom stereocenters. The van der Waals surface area contributed by atoms with Crippen LogP contribution < -0.4 is 15.6 Å². The van der Waals surface area contributed by atoms with Crippen molar-refractivity contribution in [2.24, 2.45) is 15.0 Å². The molecule has 1 aromatic carbocycles. The topological polar surface area (TPSA) is 103 Å². The number of carbonyl (C=O) groups is 2. The maximum absolute atomic E-state index is 12.6. The summed E-state index contributed by atoms with van der Waals surface area (Å²) in [4.78, 5) is 49.9. The van der Waals surface area contributed by atoms with E-state index in [9.17, 15) is 9.59 Å². The van der Waals surface area contributed by atoms with E-state index in [0.717, 1.165) is 5.56 Å². The van der Waals surface area contributed by atoms with Gasteiger partial charge in [-0.25, -0.2) is 9.97 Å². The first-order valence-corrected chi connectivity index (χ1v) is 9.74. The van der Waals surface area contributed by atoms with E-state index in [1.54, 1.807) is 35.8 Å². The first-order valence-electron chi connectivity index (χ1n) is 9.74. The first-order chi connectivity index (χ1) is 15.2. The molecule has 2 aromatic rings. The van der Waals surface area contributed by atoms with Gasteiger partial charge in [0.1, 0.15) is 12.1 Å². The Hall–Kier alpha value is -4.27. The normalized spacial score (nSPS) is 18.6. The fourth-order valence-electron chi connectivity index (χ4n) is 3.49. The van der Waals surface area contributed by atoms with Crippen molar-refractivity contribution in [2.45, 2.75) is 6.42 Å². The van der Waals surface area contributed by atoms with Crippen LogP contribution in [0.2, 0.25) is 0 Å². The Bertz CT molecular complexity index is 1320. The average Bonchev–Trinajstić information content (AvgIpc) is 3.12. The van der Waals surface area contributed by atoms with E-state index >= 15 is 0 Å². The lowest BCUT2D eigenvalue weighted by Gasteiger charge is -2.29. The van der Waals surface area contributed by atoms with Gasteiger partial charge < -0.3 is 9.80 Å². The molecule has 4 bridgehead atoms. The van der Waals surface area contributed by atoms with Crippen molar-refractivity contribution in [1.29, 1.82) is 0 Å².